The monoisotopic (exact) mass is 409 g/mol. The molecule has 1 aromatic rings. The molecule has 0 amide bonds. The Labute approximate surface area is 168 Å². The van der Waals surface area contributed by atoms with Crippen LogP contribution < -0.4 is 5.32 Å². The number of carbonyl (C=O) groups is 3. The minimum Gasteiger partial charge on any atom is -0.481 e. The van der Waals surface area contributed by atoms with Crippen LogP contribution in [-0.2, 0) is 23.9 Å². The molecule has 1 aliphatic heterocycles. The summed E-state index contributed by atoms with van der Waals surface area (Å²) in [6.07, 6.45) is 0.791. The first-order chi connectivity index (χ1) is 13.3. The minimum atomic E-state index is -1.45. The summed E-state index contributed by atoms with van der Waals surface area (Å²) in [6, 6.07) is 6.16. The van der Waals surface area contributed by atoms with Crippen LogP contribution in [0, 0.1) is 5.41 Å². The Hall–Kier alpha value is -2.38. The van der Waals surface area contributed by atoms with Gasteiger partial charge in [0, 0.05) is 16.6 Å². The number of esters is 1. The van der Waals surface area contributed by atoms with Crippen molar-refractivity contribution in [2.45, 2.75) is 32.2 Å². The van der Waals surface area contributed by atoms with Crippen LogP contribution in [0.2, 0.25) is 5.02 Å². The van der Waals surface area contributed by atoms with Crippen LogP contribution in [0.4, 0.5) is 0 Å². The van der Waals surface area contributed by atoms with Crippen molar-refractivity contribution < 1.29 is 29.0 Å². The quantitative estimate of drug-likeness (QED) is 0.386. The fraction of sp³-hybridized carbons (Fsp3) is 0.450. The van der Waals surface area contributed by atoms with Gasteiger partial charge in [-0.2, -0.15) is 0 Å². The topological polar surface area (TPSA) is 102 Å². The van der Waals surface area contributed by atoms with Gasteiger partial charge < -0.3 is 24.7 Å². The molecule has 1 aromatic carbocycles. The smallest absolute Gasteiger partial charge is 0.336 e. The normalized spacial score (nSPS) is 24.4. The molecule has 0 aliphatic carbocycles. The summed E-state index contributed by atoms with van der Waals surface area (Å²) in [4.78, 5) is 35.9. The number of benzene rings is 1. The van der Waals surface area contributed by atoms with Gasteiger partial charge in [-0.05, 0) is 25.0 Å². The molecule has 3 unspecified atom stereocenters. The third-order valence-corrected chi connectivity index (χ3v) is 5.64. The average Bonchev–Trinajstić information content (AvgIpc) is 2.67. The standard InChI is InChI=1S/C20H24ClNO6/c1-4-20(19(25)26)15(11-28-10-9-23)22-12(2)16(18(24)27-3)17(20)13-7-5-6-8-14(13)21/h5-9,15,17,22H,4,10-11H2,1-3H3,(H,25,26). The number of halogens is 1. The Balaban J connectivity index is 2.76. The second-order valence-corrected chi connectivity index (χ2v) is 6.99. The number of hydrogen-bond donors (Lipinski definition) is 2. The SMILES string of the molecule is CCC1(C(=O)O)C(COCC=O)NC(C)=C(C(=O)OC)C1c1ccccc1Cl. The predicted octanol–water partition coefficient (Wildman–Crippen LogP) is 2.54. The molecule has 2 N–H and O–H groups in total. The summed E-state index contributed by atoms with van der Waals surface area (Å²) < 4.78 is 10.3. The molecule has 152 valence electrons. The molecule has 1 aliphatic rings. The Morgan fingerprint density at radius 1 is 1.36 bits per heavy atom. The first-order valence-electron chi connectivity index (χ1n) is 8.89. The number of aliphatic carboxylic acids is 1. The maximum absolute atomic E-state index is 12.6. The van der Waals surface area contributed by atoms with E-state index in [1.807, 2.05) is 0 Å². The lowest BCUT2D eigenvalue weighted by Gasteiger charge is -2.47. The molecule has 0 radical (unpaired) electrons. The molecule has 1 heterocycles. The molecule has 2 rings (SSSR count). The van der Waals surface area contributed by atoms with Crippen LogP contribution in [0.1, 0.15) is 31.7 Å². The van der Waals surface area contributed by atoms with Gasteiger partial charge >= 0.3 is 11.9 Å². The highest BCUT2D eigenvalue weighted by atomic mass is 35.5. The van der Waals surface area contributed by atoms with Crippen LogP contribution in [0.3, 0.4) is 0 Å². The van der Waals surface area contributed by atoms with E-state index in [1.54, 1.807) is 38.1 Å². The first-order valence-corrected chi connectivity index (χ1v) is 9.27. The van der Waals surface area contributed by atoms with E-state index in [4.69, 9.17) is 21.1 Å². The van der Waals surface area contributed by atoms with Crippen molar-refractivity contribution in [2.24, 2.45) is 5.41 Å². The molecule has 28 heavy (non-hydrogen) atoms. The van der Waals surface area contributed by atoms with Gasteiger partial charge in [-0.3, -0.25) is 4.79 Å². The molecular weight excluding hydrogens is 386 g/mol. The van der Waals surface area contributed by atoms with Crippen LogP contribution in [-0.4, -0.2) is 49.7 Å². The van der Waals surface area contributed by atoms with E-state index < -0.39 is 29.3 Å². The number of hydrogen-bond acceptors (Lipinski definition) is 6. The average molecular weight is 410 g/mol. The van der Waals surface area contributed by atoms with Crippen LogP contribution in [0.5, 0.6) is 0 Å². The minimum absolute atomic E-state index is 0.0222. The fourth-order valence-corrected chi connectivity index (χ4v) is 4.21. The molecule has 3 atom stereocenters. The van der Waals surface area contributed by atoms with Crippen molar-refractivity contribution >= 4 is 29.8 Å². The lowest BCUT2D eigenvalue weighted by atomic mass is 9.60. The second-order valence-electron chi connectivity index (χ2n) is 6.58. The largest absolute Gasteiger partial charge is 0.481 e. The van der Waals surface area contributed by atoms with E-state index >= 15 is 0 Å². The molecule has 0 saturated heterocycles. The second kappa shape index (κ2) is 9.21. The Morgan fingerprint density at radius 3 is 2.57 bits per heavy atom. The predicted molar refractivity (Wildman–Crippen MR) is 103 cm³/mol. The summed E-state index contributed by atoms with van der Waals surface area (Å²) >= 11 is 6.42. The highest BCUT2D eigenvalue weighted by molar-refractivity contribution is 6.31. The zero-order valence-corrected chi connectivity index (χ0v) is 16.8. The highest BCUT2D eigenvalue weighted by Crippen LogP contribution is 2.52. The molecule has 8 heteroatoms. The van der Waals surface area contributed by atoms with Crippen molar-refractivity contribution in [1.29, 1.82) is 0 Å². The van der Waals surface area contributed by atoms with Crippen LogP contribution >= 0.6 is 11.6 Å². The number of methoxy groups -OCH3 is 1. The number of ether oxygens (including phenoxy) is 2. The third-order valence-electron chi connectivity index (χ3n) is 5.30. The van der Waals surface area contributed by atoms with Crippen molar-refractivity contribution in [3.05, 3.63) is 46.1 Å². The molecule has 0 aromatic heterocycles. The molecule has 0 fully saturated rings. The van der Waals surface area contributed by atoms with Crippen molar-refractivity contribution in [1.82, 2.24) is 5.32 Å². The molecule has 0 saturated carbocycles. The van der Waals surface area contributed by atoms with Crippen LogP contribution in [0.25, 0.3) is 0 Å². The number of carbonyl (C=O) groups excluding carboxylic acids is 2. The fourth-order valence-electron chi connectivity index (χ4n) is 3.96. The maximum atomic E-state index is 12.6. The summed E-state index contributed by atoms with van der Waals surface area (Å²) in [7, 11) is 1.25. The Bertz CT molecular complexity index is 793. The third kappa shape index (κ3) is 3.77. The zero-order chi connectivity index (χ0) is 20.9. The number of carboxylic acid groups (broad SMARTS) is 1. The maximum Gasteiger partial charge on any atom is 0.336 e. The van der Waals surface area contributed by atoms with Gasteiger partial charge in [-0.15, -0.1) is 0 Å². The zero-order valence-electron chi connectivity index (χ0n) is 16.0. The van der Waals surface area contributed by atoms with Crippen molar-refractivity contribution in [3.8, 4) is 0 Å². The van der Waals surface area contributed by atoms with Crippen molar-refractivity contribution in [3.63, 3.8) is 0 Å². The van der Waals surface area contributed by atoms with Crippen molar-refractivity contribution in [2.75, 3.05) is 20.3 Å². The van der Waals surface area contributed by atoms with E-state index in [0.717, 1.165) is 0 Å². The number of allylic oxidation sites excluding steroid dienone is 1. The van der Waals surface area contributed by atoms with Crippen LogP contribution in [0.15, 0.2) is 35.5 Å². The van der Waals surface area contributed by atoms with E-state index in [1.165, 1.54) is 7.11 Å². The van der Waals surface area contributed by atoms with Gasteiger partial charge in [0.05, 0.1) is 25.3 Å². The van der Waals surface area contributed by atoms with Gasteiger partial charge in [0.2, 0.25) is 0 Å². The molecule has 0 bridgehead atoms. The molecular formula is C20H24ClNO6. The van der Waals surface area contributed by atoms with Gasteiger partial charge in [-0.1, -0.05) is 36.7 Å². The van der Waals surface area contributed by atoms with E-state index in [9.17, 15) is 19.5 Å². The summed E-state index contributed by atoms with van der Waals surface area (Å²) in [5.74, 6) is -2.58. The van der Waals surface area contributed by atoms with E-state index in [0.29, 0.717) is 22.6 Å². The summed E-state index contributed by atoms with van der Waals surface area (Å²) in [5.41, 5.74) is -0.222. The number of rotatable bonds is 8. The lowest BCUT2D eigenvalue weighted by Crippen LogP contribution is -2.59. The number of aldehydes is 1. The van der Waals surface area contributed by atoms with E-state index in [2.05, 4.69) is 5.32 Å². The molecule has 0 spiro atoms. The summed E-state index contributed by atoms with van der Waals surface area (Å²) in [6.45, 7) is 3.25. The number of carboxylic acids is 1. The first kappa shape index (κ1) is 21.9. The lowest BCUT2D eigenvalue weighted by molar-refractivity contribution is -0.155. The van der Waals surface area contributed by atoms with E-state index in [-0.39, 0.29) is 25.2 Å². The van der Waals surface area contributed by atoms with Gasteiger partial charge in [0.25, 0.3) is 0 Å². The Morgan fingerprint density at radius 2 is 2.04 bits per heavy atom. The highest BCUT2D eigenvalue weighted by Gasteiger charge is 2.57. The summed E-state index contributed by atoms with van der Waals surface area (Å²) in [5, 5.41) is 13.8. The Kier molecular flexibility index (Phi) is 7.21. The van der Waals surface area contributed by atoms with Gasteiger partial charge in [0.15, 0.2) is 0 Å². The van der Waals surface area contributed by atoms with Gasteiger partial charge in [-0.25, -0.2) is 4.79 Å². The number of nitrogens with one attached hydrogen (secondary N) is 1. The van der Waals surface area contributed by atoms with Gasteiger partial charge in [0.1, 0.15) is 18.3 Å². The molecule has 7 nitrogen and oxygen atoms in total.